The lowest BCUT2D eigenvalue weighted by Gasteiger charge is -2.43. The minimum Gasteiger partial charge on any atom is -0.406 e. The van der Waals surface area contributed by atoms with Crippen LogP contribution in [0.25, 0.3) is 0 Å². The van der Waals surface area contributed by atoms with E-state index in [0.29, 0.717) is 6.04 Å². The Bertz CT molecular complexity index is 641. The van der Waals surface area contributed by atoms with Gasteiger partial charge < -0.3 is 9.16 Å². The molecule has 0 amide bonds. The molecule has 0 aliphatic carbocycles. The van der Waals surface area contributed by atoms with E-state index in [1.807, 2.05) is 0 Å². The maximum atomic E-state index is 6.91. The first-order valence-corrected chi connectivity index (χ1v) is 11.4. The Balaban J connectivity index is 1.92. The summed E-state index contributed by atoms with van der Waals surface area (Å²) in [5, 5.41) is 2.72. The van der Waals surface area contributed by atoms with E-state index in [-0.39, 0.29) is 5.04 Å². The Kier molecular flexibility index (Phi) is 5.98. The molecule has 0 unspecified atom stereocenters. The fourth-order valence-corrected chi connectivity index (χ4v) is 8.32. The van der Waals surface area contributed by atoms with E-state index < -0.39 is 8.32 Å². The first-order valence-electron chi connectivity index (χ1n) is 9.48. The van der Waals surface area contributed by atoms with Crippen LogP contribution in [0.15, 0.2) is 60.7 Å². The Morgan fingerprint density at radius 3 is 1.85 bits per heavy atom. The minimum absolute atomic E-state index is 0.0356. The van der Waals surface area contributed by atoms with Gasteiger partial charge in [0.1, 0.15) is 0 Å². The zero-order valence-electron chi connectivity index (χ0n) is 16.4. The first-order chi connectivity index (χ1) is 12.4. The molecule has 4 heteroatoms. The van der Waals surface area contributed by atoms with Crippen molar-refractivity contribution in [2.24, 2.45) is 0 Å². The molecule has 3 rings (SSSR count). The van der Waals surface area contributed by atoms with Gasteiger partial charge >= 0.3 is 0 Å². The van der Waals surface area contributed by atoms with Gasteiger partial charge in [0.2, 0.25) is 0 Å². The summed E-state index contributed by atoms with van der Waals surface area (Å²) in [5.41, 5.74) is 0. The normalized spacial score (nSPS) is 15.9. The first kappa shape index (κ1) is 19.3. The van der Waals surface area contributed by atoms with Crippen LogP contribution in [0.4, 0.5) is 0 Å². The fourth-order valence-electron chi connectivity index (χ4n) is 3.76. The molecule has 0 spiro atoms. The van der Waals surface area contributed by atoms with Crippen molar-refractivity contribution in [2.75, 3.05) is 33.4 Å². The standard InChI is InChI=1S/C22H31NO2Si/c1-22(2,3)26(20-11-7-5-8-12-20,21-13-9-6-10-14-21)25-16-15-23(4)19-17-24-18-19/h5-14,19H,15-18H2,1-4H3. The highest BCUT2D eigenvalue weighted by molar-refractivity contribution is 6.99. The van der Waals surface area contributed by atoms with Crippen LogP contribution < -0.4 is 10.4 Å². The van der Waals surface area contributed by atoms with Crippen molar-refractivity contribution in [3.8, 4) is 0 Å². The van der Waals surface area contributed by atoms with E-state index in [9.17, 15) is 0 Å². The smallest absolute Gasteiger partial charge is 0.261 e. The topological polar surface area (TPSA) is 21.7 Å². The Morgan fingerprint density at radius 1 is 0.962 bits per heavy atom. The summed E-state index contributed by atoms with van der Waals surface area (Å²) in [4.78, 5) is 2.36. The summed E-state index contributed by atoms with van der Waals surface area (Å²) in [6.45, 7) is 10.3. The van der Waals surface area contributed by atoms with Crippen LogP contribution in [0.5, 0.6) is 0 Å². The van der Waals surface area contributed by atoms with E-state index in [1.54, 1.807) is 0 Å². The lowest BCUT2D eigenvalue weighted by molar-refractivity contribution is -0.0584. The predicted molar refractivity (Wildman–Crippen MR) is 111 cm³/mol. The zero-order valence-corrected chi connectivity index (χ0v) is 17.4. The Hall–Kier alpha value is -1.46. The Labute approximate surface area is 159 Å². The lowest BCUT2D eigenvalue weighted by atomic mass is 10.2. The zero-order chi connectivity index (χ0) is 18.6. The van der Waals surface area contributed by atoms with Gasteiger partial charge in [-0.3, -0.25) is 4.90 Å². The van der Waals surface area contributed by atoms with Gasteiger partial charge in [-0.2, -0.15) is 0 Å². The van der Waals surface area contributed by atoms with Gasteiger partial charge in [0.25, 0.3) is 8.32 Å². The molecule has 1 aliphatic heterocycles. The van der Waals surface area contributed by atoms with Gasteiger partial charge in [-0.15, -0.1) is 0 Å². The van der Waals surface area contributed by atoms with Crippen molar-refractivity contribution in [3.05, 3.63) is 60.7 Å². The number of hydrogen-bond donors (Lipinski definition) is 0. The molecule has 0 saturated carbocycles. The van der Waals surface area contributed by atoms with Crippen molar-refractivity contribution < 1.29 is 9.16 Å². The largest absolute Gasteiger partial charge is 0.406 e. The van der Waals surface area contributed by atoms with Crippen LogP contribution in [0.1, 0.15) is 20.8 Å². The summed E-state index contributed by atoms with van der Waals surface area (Å²) in [6, 6.07) is 22.2. The van der Waals surface area contributed by atoms with Crippen molar-refractivity contribution in [2.45, 2.75) is 31.9 Å². The van der Waals surface area contributed by atoms with E-state index >= 15 is 0 Å². The molecule has 1 saturated heterocycles. The number of ether oxygens (including phenoxy) is 1. The van der Waals surface area contributed by atoms with Crippen LogP contribution in [-0.2, 0) is 9.16 Å². The van der Waals surface area contributed by atoms with Crippen LogP contribution in [0.3, 0.4) is 0 Å². The average Bonchev–Trinajstić information content (AvgIpc) is 2.58. The predicted octanol–water partition coefficient (Wildman–Crippen LogP) is 2.89. The summed E-state index contributed by atoms with van der Waals surface area (Å²) >= 11 is 0. The van der Waals surface area contributed by atoms with E-state index in [0.717, 1.165) is 26.4 Å². The fraction of sp³-hybridized carbons (Fsp3) is 0.455. The monoisotopic (exact) mass is 369 g/mol. The molecule has 3 nitrogen and oxygen atoms in total. The number of rotatable bonds is 7. The van der Waals surface area contributed by atoms with Crippen molar-refractivity contribution in [1.82, 2.24) is 4.90 Å². The third-order valence-electron chi connectivity index (χ3n) is 5.42. The minimum atomic E-state index is -2.40. The second-order valence-corrected chi connectivity index (χ2v) is 12.5. The SMILES string of the molecule is CN(CCO[Si](c1ccccc1)(c1ccccc1)C(C)(C)C)C1COC1. The number of hydrogen-bond acceptors (Lipinski definition) is 3. The van der Waals surface area contributed by atoms with Gasteiger partial charge in [0, 0.05) is 13.2 Å². The third kappa shape index (κ3) is 3.79. The van der Waals surface area contributed by atoms with Crippen LogP contribution in [0.2, 0.25) is 5.04 Å². The van der Waals surface area contributed by atoms with Crippen LogP contribution in [0, 0.1) is 0 Å². The quantitative estimate of drug-likeness (QED) is 0.701. The molecule has 1 aliphatic rings. The van der Waals surface area contributed by atoms with Gasteiger partial charge in [-0.1, -0.05) is 81.4 Å². The summed E-state index contributed by atoms with van der Waals surface area (Å²) in [5.74, 6) is 0. The summed E-state index contributed by atoms with van der Waals surface area (Å²) < 4.78 is 12.2. The summed E-state index contributed by atoms with van der Waals surface area (Å²) in [6.07, 6.45) is 0. The molecular formula is C22H31NO2Si. The molecule has 2 aromatic carbocycles. The van der Waals surface area contributed by atoms with Gasteiger partial charge in [-0.25, -0.2) is 0 Å². The molecular weight excluding hydrogens is 338 g/mol. The molecule has 1 heterocycles. The highest BCUT2D eigenvalue weighted by Crippen LogP contribution is 2.36. The molecule has 0 radical (unpaired) electrons. The van der Waals surface area contributed by atoms with Gasteiger partial charge in [0.05, 0.1) is 19.3 Å². The molecule has 0 aromatic heterocycles. The molecule has 1 fully saturated rings. The molecule has 0 N–H and O–H groups in total. The second-order valence-electron chi connectivity index (χ2n) is 8.18. The van der Waals surface area contributed by atoms with E-state index in [4.69, 9.17) is 9.16 Å². The van der Waals surface area contributed by atoms with Crippen molar-refractivity contribution in [1.29, 1.82) is 0 Å². The van der Waals surface area contributed by atoms with E-state index in [1.165, 1.54) is 10.4 Å². The number of benzene rings is 2. The molecule has 26 heavy (non-hydrogen) atoms. The second kappa shape index (κ2) is 8.05. The van der Waals surface area contributed by atoms with Gasteiger partial charge in [-0.05, 0) is 22.5 Å². The van der Waals surface area contributed by atoms with Crippen molar-refractivity contribution >= 4 is 18.7 Å². The third-order valence-corrected chi connectivity index (χ3v) is 10.5. The highest BCUT2D eigenvalue weighted by atomic mass is 28.4. The Morgan fingerprint density at radius 2 is 1.46 bits per heavy atom. The van der Waals surface area contributed by atoms with Gasteiger partial charge in [0.15, 0.2) is 0 Å². The van der Waals surface area contributed by atoms with Crippen LogP contribution in [-0.4, -0.2) is 52.7 Å². The van der Waals surface area contributed by atoms with Crippen molar-refractivity contribution in [3.63, 3.8) is 0 Å². The van der Waals surface area contributed by atoms with Crippen LogP contribution >= 0.6 is 0 Å². The molecule has 2 aromatic rings. The number of likely N-dealkylation sites (N-methyl/N-ethyl adjacent to an activating group) is 1. The maximum Gasteiger partial charge on any atom is 0.261 e. The van der Waals surface area contributed by atoms with E-state index in [2.05, 4.69) is 93.4 Å². The average molecular weight is 370 g/mol. The summed E-state index contributed by atoms with van der Waals surface area (Å²) in [7, 11) is -0.232. The highest BCUT2D eigenvalue weighted by Gasteiger charge is 2.50. The molecule has 0 bridgehead atoms. The maximum absolute atomic E-state index is 6.91. The molecule has 0 atom stereocenters. The number of nitrogens with zero attached hydrogens (tertiary/aromatic N) is 1. The lowest BCUT2D eigenvalue weighted by Crippen LogP contribution is -2.67. The molecule has 140 valence electrons.